The molecule has 1 aliphatic carbocycles. The summed E-state index contributed by atoms with van der Waals surface area (Å²) in [6.07, 6.45) is 1.82. The zero-order chi connectivity index (χ0) is 13.2. The predicted molar refractivity (Wildman–Crippen MR) is 77.8 cm³/mol. The standard InChI is InChI=1S/C18H16O/c1-13-16(14-8-4-2-5-9-14)12-17(19)18(13)15-10-6-3-7-11-15/h2-13,18H,1H3. The minimum atomic E-state index is -0.0311. The summed E-state index contributed by atoms with van der Waals surface area (Å²) < 4.78 is 0. The van der Waals surface area contributed by atoms with Crippen molar-refractivity contribution in [3.05, 3.63) is 77.9 Å². The molecule has 2 aromatic carbocycles. The molecule has 2 aromatic rings. The van der Waals surface area contributed by atoms with Crippen LogP contribution in [0, 0.1) is 5.92 Å². The first-order valence-corrected chi connectivity index (χ1v) is 6.63. The van der Waals surface area contributed by atoms with Crippen molar-refractivity contribution in [2.75, 3.05) is 0 Å². The Labute approximate surface area is 113 Å². The molecule has 0 spiro atoms. The Morgan fingerprint density at radius 1 is 0.842 bits per heavy atom. The SMILES string of the molecule is CC1C(c2ccccc2)=CC(=O)C1c1ccccc1. The molecule has 0 aromatic heterocycles. The molecule has 1 nitrogen and oxygen atoms in total. The highest BCUT2D eigenvalue weighted by molar-refractivity contribution is 6.07. The summed E-state index contributed by atoms with van der Waals surface area (Å²) in [7, 11) is 0. The maximum Gasteiger partial charge on any atom is 0.164 e. The lowest BCUT2D eigenvalue weighted by Crippen LogP contribution is -2.12. The topological polar surface area (TPSA) is 17.1 Å². The molecule has 19 heavy (non-hydrogen) atoms. The van der Waals surface area contributed by atoms with Gasteiger partial charge in [0.15, 0.2) is 5.78 Å². The Kier molecular flexibility index (Phi) is 3.04. The lowest BCUT2D eigenvalue weighted by Gasteiger charge is -2.18. The largest absolute Gasteiger partial charge is 0.294 e. The van der Waals surface area contributed by atoms with Gasteiger partial charge in [-0.25, -0.2) is 0 Å². The first-order valence-electron chi connectivity index (χ1n) is 6.63. The van der Waals surface area contributed by atoms with Crippen molar-refractivity contribution in [3.8, 4) is 0 Å². The maximum absolute atomic E-state index is 12.3. The van der Waals surface area contributed by atoms with Crippen LogP contribution in [-0.2, 0) is 4.79 Å². The van der Waals surface area contributed by atoms with E-state index in [-0.39, 0.29) is 17.6 Å². The van der Waals surface area contributed by atoms with Crippen LogP contribution in [0.2, 0.25) is 0 Å². The molecule has 0 radical (unpaired) electrons. The fourth-order valence-electron chi connectivity index (χ4n) is 2.89. The molecule has 0 saturated heterocycles. The van der Waals surface area contributed by atoms with Crippen LogP contribution < -0.4 is 0 Å². The van der Waals surface area contributed by atoms with Gasteiger partial charge in [0.25, 0.3) is 0 Å². The summed E-state index contributed by atoms with van der Waals surface area (Å²) in [5, 5.41) is 0. The van der Waals surface area contributed by atoms with Crippen LogP contribution in [0.5, 0.6) is 0 Å². The molecule has 0 aliphatic heterocycles. The van der Waals surface area contributed by atoms with Gasteiger partial charge in [0.1, 0.15) is 0 Å². The highest BCUT2D eigenvalue weighted by Gasteiger charge is 2.34. The number of hydrogen-bond acceptors (Lipinski definition) is 1. The Morgan fingerprint density at radius 3 is 2.05 bits per heavy atom. The summed E-state index contributed by atoms with van der Waals surface area (Å²) in [6.45, 7) is 2.14. The van der Waals surface area contributed by atoms with Gasteiger partial charge in [0, 0.05) is 0 Å². The second-order valence-electron chi connectivity index (χ2n) is 5.05. The normalized spacial score (nSPS) is 22.4. The number of carbonyl (C=O) groups excluding carboxylic acids is 1. The number of rotatable bonds is 2. The Hall–Kier alpha value is -2.15. The van der Waals surface area contributed by atoms with Crippen LogP contribution in [-0.4, -0.2) is 5.78 Å². The zero-order valence-corrected chi connectivity index (χ0v) is 10.9. The van der Waals surface area contributed by atoms with Crippen molar-refractivity contribution in [3.63, 3.8) is 0 Å². The van der Waals surface area contributed by atoms with Crippen LogP contribution in [0.25, 0.3) is 5.57 Å². The molecule has 0 N–H and O–H groups in total. The molecule has 3 rings (SSSR count). The van der Waals surface area contributed by atoms with Crippen molar-refractivity contribution >= 4 is 11.4 Å². The highest BCUT2D eigenvalue weighted by Crippen LogP contribution is 2.41. The minimum absolute atomic E-state index is 0.0311. The van der Waals surface area contributed by atoms with Gasteiger partial charge in [-0.3, -0.25) is 4.79 Å². The van der Waals surface area contributed by atoms with E-state index in [4.69, 9.17) is 0 Å². The van der Waals surface area contributed by atoms with Gasteiger partial charge in [0.05, 0.1) is 5.92 Å². The van der Waals surface area contributed by atoms with Gasteiger partial charge in [-0.15, -0.1) is 0 Å². The summed E-state index contributed by atoms with van der Waals surface area (Å²) >= 11 is 0. The molecule has 0 saturated carbocycles. The number of carbonyl (C=O) groups is 1. The third kappa shape index (κ3) is 2.12. The van der Waals surface area contributed by atoms with Gasteiger partial charge in [0.2, 0.25) is 0 Å². The first kappa shape index (κ1) is 11.9. The van der Waals surface area contributed by atoms with Crippen molar-refractivity contribution in [2.45, 2.75) is 12.8 Å². The first-order chi connectivity index (χ1) is 9.27. The average molecular weight is 248 g/mol. The maximum atomic E-state index is 12.3. The third-order valence-corrected chi connectivity index (χ3v) is 3.86. The van der Waals surface area contributed by atoms with Crippen LogP contribution in [0.15, 0.2) is 66.7 Å². The molecule has 0 bridgehead atoms. The van der Waals surface area contributed by atoms with E-state index in [0.29, 0.717) is 0 Å². The molecule has 0 amide bonds. The second-order valence-corrected chi connectivity index (χ2v) is 5.05. The van der Waals surface area contributed by atoms with Gasteiger partial charge in [-0.2, -0.15) is 0 Å². The predicted octanol–water partition coefficient (Wildman–Crippen LogP) is 4.07. The van der Waals surface area contributed by atoms with E-state index >= 15 is 0 Å². The molecule has 0 fully saturated rings. The molecule has 1 heteroatoms. The van der Waals surface area contributed by atoms with Crippen LogP contribution >= 0.6 is 0 Å². The molecule has 2 atom stereocenters. The van der Waals surface area contributed by atoms with Crippen LogP contribution in [0.1, 0.15) is 24.0 Å². The van der Waals surface area contributed by atoms with Gasteiger partial charge in [-0.1, -0.05) is 67.6 Å². The highest BCUT2D eigenvalue weighted by atomic mass is 16.1. The Balaban J connectivity index is 1.96. The monoisotopic (exact) mass is 248 g/mol. The lowest BCUT2D eigenvalue weighted by atomic mass is 9.84. The summed E-state index contributed by atoms with van der Waals surface area (Å²) in [5.41, 5.74) is 3.42. The minimum Gasteiger partial charge on any atom is -0.294 e. The Morgan fingerprint density at radius 2 is 1.42 bits per heavy atom. The van der Waals surface area contributed by atoms with Gasteiger partial charge >= 0.3 is 0 Å². The molecule has 1 aliphatic rings. The van der Waals surface area contributed by atoms with E-state index in [9.17, 15) is 4.79 Å². The molecular formula is C18H16O. The van der Waals surface area contributed by atoms with Crippen LogP contribution in [0.3, 0.4) is 0 Å². The zero-order valence-electron chi connectivity index (χ0n) is 10.9. The summed E-state index contributed by atoms with van der Waals surface area (Å²) in [6, 6.07) is 20.2. The Bertz CT molecular complexity index is 611. The number of allylic oxidation sites excluding steroid dienone is 2. The number of hydrogen-bond donors (Lipinski definition) is 0. The summed E-state index contributed by atoms with van der Waals surface area (Å²) in [4.78, 5) is 12.3. The second kappa shape index (κ2) is 4.85. The van der Waals surface area contributed by atoms with E-state index in [0.717, 1.165) is 16.7 Å². The van der Waals surface area contributed by atoms with Gasteiger partial charge in [-0.05, 0) is 28.7 Å². The van der Waals surface area contributed by atoms with Crippen LogP contribution in [0.4, 0.5) is 0 Å². The van der Waals surface area contributed by atoms with E-state index in [1.165, 1.54) is 0 Å². The third-order valence-electron chi connectivity index (χ3n) is 3.86. The van der Waals surface area contributed by atoms with E-state index < -0.39 is 0 Å². The number of benzene rings is 2. The lowest BCUT2D eigenvalue weighted by molar-refractivity contribution is -0.115. The van der Waals surface area contributed by atoms with Crippen molar-refractivity contribution in [2.24, 2.45) is 5.92 Å². The quantitative estimate of drug-likeness (QED) is 0.783. The van der Waals surface area contributed by atoms with Crippen molar-refractivity contribution in [1.82, 2.24) is 0 Å². The van der Waals surface area contributed by atoms with Gasteiger partial charge < -0.3 is 0 Å². The number of ketones is 1. The van der Waals surface area contributed by atoms with Crippen molar-refractivity contribution in [1.29, 1.82) is 0 Å². The smallest absolute Gasteiger partial charge is 0.164 e. The molecule has 94 valence electrons. The van der Waals surface area contributed by atoms with E-state index in [1.54, 1.807) is 0 Å². The van der Waals surface area contributed by atoms with Crippen molar-refractivity contribution < 1.29 is 4.79 Å². The molecular weight excluding hydrogens is 232 g/mol. The average Bonchev–Trinajstić information content (AvgIpc) is 2.76. The van der Waals surface area contributed by atoms with E-state index in [2.05, 4.69) is 19.1 Å². The molecule has 0 heterocycles. The fraction of sp³-hybridized carbons (Fsp3) is 0.167. The fourth-order valence-corrected chi connectivity index (χ4v) is 2.89. The van der Waals surface area contributed by atoms with E-state index in [1.807, 2.05) is 54.6 Å². The molecule has 2 unspecified atom stereocenters. The summed E-state index contributed by atoms with van der Waals surface area (Å²) in [5.74, 6) is 0.422.